The maximum atomic E-state index is 13.3. The standard InChI is InChI=1S/C22H27ClN2O4S/c1-4-24(15-18-8-6-5-7-9-18)22(26)19-10-11-20(23)21(12-19)30(27,28)25-13-16(2)29-17(3)14-25/h5-12,16-17H,4,13-15H2,1-3H3/t16-,17+. The summed E-state index contributed by atoms with van der Waals surface area (Å²) in [6.07, 6.45) is -0.429. The molecular formula is C22H27ClN2O4S. The lowest BCUT2D eigenvalue weighted by Crippen LogP contribution is -2.48. The summed E-state index contributed by atoms with van der Waals surface area (Å²) in [6.45, 7) is 7.00. The molecule has 6 nitrogen and oxygen atoms in total. The highest BCUT2D eigenvalue weighted by Crippen LogP contribution is 2.28. The fraction of sp³-hybridized carbons (Fsp3) is 0.409. The predicted octanol–water partition coefficient (Wildman–Crippen LogP) is 3.80. The molecule has 1 saturated heterocycles. The smallest absolute Gasteiger partial charge is 0.254 e. The Bertz CT molecular complexity index is 987. The van der Waals surface area contributed by atoms with E-state index in [1.165, 1.54) is 16.4 Å². The van der Waals surface area contributed by atoms with Crippen LogP contribution >= 0.6 is 11.6 Å². The zero-order valence-corrected chi connectivity index (χ0v) is 19.0. The van der Waals surface area contributed by atoms with Crippen LogP contribution in [0.25, 0.3) is 0 Å². The summed E-state index contributed by atoms with van der Waals surface area (Å²) >= 11 is 6.26. The highest BCUT2D eigenvalue weighted by Gasteiger charge is 2.34. The molecule has 0 saturated carbocycles. The fourth-order valence-electron chi connectivity index (χ4n) is 3.61. The predicted molar refractivity (Wildman–Crippen MR) is 117 cm³/mol. The largest absolute Gasteiger partial charge is 0.373 e. The lowest BCUT2D eigenvalue weighted by atomic mass is 10.1. The number of hydrogen-bond donors (Lipinski definition) is 0. The summed E-state index contributed by atoms with van der Waals surface area (Å²) in [4.78, 5) is 14.7. The molecule has 30 heavy (non-hydrogen) atoms. The third-order valence-corrected chi connectivity index (χ3v) is 7.38. The van der Waals surface area contributed by atoms with Crippen molar-refractivity contribution in [3.8, 4) is 0 Å². The molecule has 2 atom stereocenters. The van der Waals surface area contributed by atoms with Gasteiger partial charge in [0.15, 0.2) is 0 Å². The molecule has 1 aliphatic heterocycles. The monoisotopic (exact) mass is 450 g/mol. The second kappa shape index (κ2) is 9.47. The molecule has 1 aliphatic rings. The molecule has 0 radical (unpaired) electrons. The Morgan fingerprint density at radius 2 is 1.77 bits per heavy atom. The first-order chi connectivity index (χ1) is 14.2. The van der Waals surface area contributed by atoms with Crippen LogP contribution in [0.5, 0.6) is 0 Å². The van der Waals surface area contributed by atoms with Crippen LogP contribution in [0.3, 0.4) is 0 Å². The van der Waals surface area contributed by atoms with Crippen molar-refractivity contribution in [1.29, 1.82) is 0 Å². The number of benzene rings is 2. The molecule has 162 valence electrons. The Morgan fingerprint density at radius 1 is 1.13 bits per heavy atom. The van der Waals surface area contributed by atoms with E-state index in [1.807, 2.05) is 51.1 Å². The molecule has 0 unspecified atom stereocenters. The Kier molecular flexibility index (Phi) is 7.18. The van der Waals surface area contributed by atoms with E-state index in [9.17, 15) is 13.2 Å². The molecule has 0 aliphatic carbocycles. The van der Waals surface area contributed by atoms with Crippen molar-refractivity contribution in [1.82, 2.24) is 9.21 Å². The number of rotatable bonds is 6. The fourth-order valence-corrected chi connectivity index (χ4v) is 5.70. The summed E-state index contributed by atoms with van der Waals surface area (Å²) in [5, 5.41) is 0.101. The van der Waals surface area contributed by atoms with Gasteiger partial charge in [-0.2, -0.15) is 4.31 Å². The molecule has 3 rings (SSSR count). The van der Waals surface area contributed by atoms with E-state index >= 15 is 0 Å². The average Bonchev–Trinajstić information content (AvgIpc) is 2.71. The first kappa shape index (κ1) is 22.7. The van der Waals surface area contributed by atoms with Crippen molar-refractivity contribution in [3.05, 3.63) is 64.7 Å². The van der Waals surface area contributed by atoms with Gasteiger partial charge in [0.1, 0.15) is 4.90 Å². The third-order valence-electron chi connectivity index (χ3n) is 5.07. The quantitative estimate of drug-likeness (QED) is 0.671. The van der Waals surface area contributed by atoms with Gasteiger partial charge in [-0.25, -0.2) is 8.42 Å². The van der Waals surface area contributed by atoms with E-state index in [0.717, 1.165) is 5.56 Å². The summed E-state index contributed by atoms with van der Waals surface area (Å²) in [6, 6.07) is 14.1. The van der Waals surface area contributed by atoms with Gasteiger partial charge in [-0.15, -0.1) is 0 Å². The van der Waals surface area contributed by atoms with Crippen LogP contribution in [-0.2, 0) is 21.3 Å². The molecule has 1 fully saturated rings. The van der Waals surface area contributed by atoms with Crippen LogP contribution in [0.2, 0.25) is 5.02 Å². The zero-order valence-electron chi connectivity index (χ0n) is 17.4. The summed E-state index contributed by atoms with van der Waals surface area (Å²) < 4.78 is 33.6. The first-order valence-corrected chi connectivity index (χ1v) is 11.8. The lowest BCUT2D eigenvalue weighted by Gasteiger charge is -2.34. The summed E-state index contributed by atoms with van der Waals surface area (Å²) in [5.41, 5.74) is 1.30. The zero-order chi connectivity index (χ0) is 21.9. The highest BCUT2D eigenvalue weighted by molar-refractivity contribution is 7.89. The number of ether oxygens (including phenoxy) is 1. The van der Waals surface area contributed by atoms with Gasteiger partial charge in [0.2, 0.25) is 10.0 Å². The van der Waals surface area contributed by atoms with Crippen molar-refractivity contribution >= 4 is 27.5 Å². The molecule has 1 heterocycles. The van der Waals surface area contributed by atoms with Gasteiger partial charge in [-0.05, 0) is 44.5 Å². The molecule has 0 N–H and O–H groups in total. The van der Waals surface area contributed by atoms with Gasteiger partial charge in [-0.1, -0.05) is 41.9 Å². The normalized spacial score (nSPS) is 20.1. The molecule has 8 heteroatoms. The summed E-state index contributed by atoms with van der Waals surface area (Å²) in [5.74, 6) is -0.238. The third kappa shape index (κ3) is 5.03. The second-order valence-electron chi connectivity index (χ2n) is 7.53. The Hall–Kier alpha value is -1.93. The number of amides is 1. The average molecular weight is 451 g/mol. The van der Waals surface area contributed by atoms with E-state index in [2.05, 4.69) is 0 Å². The van der Waals surface area contributed by atoms with Crippen LogP contribution in [0.1, 0.15) is 36.7 Å². The van der Waals surface area contributed by atoms with Gasteiger partial charge < -0.3 is 9.64 Å². The minimum absolute atomic E-state index is 0.0490. The highest BCUT2D eigenvalue weighted by atomic mass is 35.5. The number of sulfonamides is 1. The van der Waals surface area contributed by atoms with E-state index in [4.69, 9.17) is 16.3 Å². The van der Waals surface area contributed by atoms with Gasteiger partial charge >= 0.3 is 0 Å². The molecule has 0 bridgehead atoms. The topological polar surface area (TPSA) is 66.9 Å². The Morgan fingerprint density at radius 3 is 2.37 bits per heavy atom. The van der Waals surface area contributed by atoms with E-state index < -0.39 is 10.0 Å². The molecule has 0 aromatic heterocycles. The minimum atomic E-state index is -3.86. The van der Waals surface area contributed by atoms with Crippen LogP contribution in [0.15, 0.2) is 53.4 Å². The Balaban J connectivity index is 1.89. The van der Waals surface area contributed by atoms with Crippen LogP contribution in [-0.4, -0.2) is 55.4 Å². The second-order valence-corrected chi connectivity index (χ2v) is 9.84. The van der Waals surface area contributed by atoms with Gasteiger partial charge in [0.05, 0.1) is 17.2 Å². The van der Waals surface area contributed by atoms with Crippen LogP contribution in [0.4, 0.5) is 0 Å². The molecule has 1 amide bonds. The van der Waals surface area contributed by atoms with Crippen molar-refractivity contribution in [2.24, 2.45) is 0 Å². The number of carbonyl (C=O) groups is 1. The van der Waals surface area contributed by atoms with Crippen molar-refractivity contribution in [3.63, 3.8) is 0 Å². The Labute approximate surface area is 183 Å². The molecule has 2 aromatic carbocycles. The van der Waals surface area contributed by atoms with Crippen LogP contribution < -0.4 is 0 Å². The number of morpholine rings is 1. The SMILES string of the molecule is CCN(Cc1ccccc1)C(=O)c1ccc(Cl)c(S(=O)(=O)N2C[C@@H](C)O[C@@H](C)C2)c1. The number of nitrogens with zero attached hydrogens (tertiary/aromatic N) is 2. The van der Waals surface area contributed by atoms with Crippen LogP contribution in [0, 0.1) is 0 Å². The van der Waals surface area contributed by atoms with Crippen molar-refractivity contribution in [2.45, 2.75) is 44.4 Å². The number of carbonyl (C=O) groups excluding carboxylic acids is 1. The van der Waals surface area contributed by atoms with Gasteiger partial charge in [-0.3, -0.25) is 4.79 Å². The van der Waals surface area contributed by atoms with E-state index in [0.29, 0.717) is 18.7 Å². The minimum Gasteiger partial charge on any atom is -0.373 e. The van der Waals surface area contributed by atoms with E-state index in [-0.39, 0.29) is 41.1 Å². The van der Waals surface area contributed by atoms with E-state index in [1.54, 1.807) is 11.0 Å². The molecule has 2 aromatic rings. The number of halogens is 1. The lowest BCUT2D eigenvalue weighted by molar-refractivity contribution is -0.0440. The van der Waals surface area contributed by atoms with Gasteiger partial charge in [0, 0.05) is 31.7 Å². The summed E-state index contributed by atoms with van der Waals surface area (Å²) in [7, 11) is -3.86. The van der Waals surface area contributed by atoms with Crippen molar-refractivity contribution < 1.29 is 17.9 Å². The molecular weight excluding hydrogens is 424 g/mol. The maximum Gasteiger partial charge on any atom is 0.254 e. The number of hydrogen-bond acceptors (Lipinski definition) is 4. The maximum absolute atomic E-state index is 13.3. The van der Waals surface area contributed by atoms with Crippen molar-refractivity contribution in [2.75, 3.05) is 19.6 Å². The first-order valence-electron chi connectivity index (χ1n) is 10.0. The van der Waals surface area contributed by atoms with Gasteiger partial charge in [0.25, 0.3) is 5.91 Å². The molecule has 0 spiro atoms.